The van der Waals surface area contributed by atoms with Gasteiger partial charge >= 0.3 is 0 Å². The normalized spacial score (nSPS) is 14.0. The fraction of sp³-hybridized carbons (Fsp3) is 0.240. The number of nitriles is 1. The third-order valence-corrected chi connectivity index (χ3v) is 7.13. The molecule has 1 aliphatic heterocycles. The van der Waals surface area contributed by atoms with Crippen LogP contribution in [0.15, 0.2) is 54.6 Å². The Morgan fingerprint density at radius 2 is 1.79 bits per heavy atom. The van der Waals surface area contributed by atoms with Crippen molar-refractivity contribution in [1.29, 1.82) is 5.26 Å². The molecule has 0 saturated carbocycles. The second-order valence-corrected chi connectivity index (χ2v) is 9.17. The monoisotopic (exact) mass is 459 g/mol. The van der Waals surface area contributed by atoms with Gasteiger partial charge < -0.3 is 9.80 Å². The van der Waals surface area contributed by atoms with Gasteiger partial charge in [0.2, 0.25) is 0 Å². The predicted molar refractivity (Wildman–Crippen MR) is 127 cm³/mol. The van der Waals surface area contributed by atoms with Crippen molar-refractivity contribution in [2.75, 3.05) is 31.1 Å². The summed E-state index contributed by atoms with van der Waals surface area (Å²) in [7, 11) is 0. The Kier molecular flexibility index (Phi) is 5.56. The Bertz CT molecular complexity index is 1340. The van der Waals surface area contributed by atoms with E-state index in [1.165, 1.54) is 23.5 Å². The van der Waals surface area contributed by atoms with E-state index in [4.69, 9.17) is 5.26 Å². The Labute approximate surface area is 195 Å². The molecule has 0 radical (unpaired) electrons. The molecule has 0 spiro atoms. The number of amides is 1. The number of hydrogen-bond acceptors (Lipinski definition) is 5. The lowest BCUT2D eigenvalue weighted by molar-refractivity contribution is 0.0751. The Balaban J connectivity index is 1.29. The third-order valence-electron chi connectivity index (χ3n) is 5.99. The second kappa shape index (κ2) is 8.68. The van der Waals surface area contributed by atoms with Gasteiger partial charge in [-0.15, -0.1) is 11.3 Å². The van der Waals surface area contributed by atoms with Crippen LogP contribution in [-0.2, 0) is 6.54 Å². The molecule has 166 valence electrons. The number of piperazine rings is 1. The van der Waals surface area contributed by atoms with E-state index in [9.17, 15) is 9.18 Å². The average molecular weight is 460 g/mol. The first-order chi connectivity index (χ1) is 16.0. The van der Waals surface area contributed by atoms with Crippen LogP contribution in [0.1, 0.15) is 26.5 Å². The number of rotatable bonds is 4. The summed E-state index contributed by atoms with van der Waals surface area (Å²) in [6, 6.07) is 18.0. The molecule has 0 bridgehead atoms. The summed E-state index contributed by atoms with van der Waals surface area (Å²) in [5.41, 5.74) is 3.55. The number of thiophene rings is 1. The van der Waals surface area contributed by atoms with Crippen LogP contribution in [0.4, 0.5) is 10.1 Å². The van der Waals surface area contributed by atoms with Gasteiger partial charge in [-0.25, -0.2) is 4.39 Å². The summed E-state index contributed by atoms with van der Waals surface area (Å²) in [5, 5.41) is 14.6. The lowest BCUT2D eigenvalue weighted by Gasteiger charge is -2.36. The van der Waals surface area contributed by atoms with Gasteiger partial charge in [0.1, 0.15) is 10.6 Å². The highest BCUT2D eigenvalue weighted by atomic mass is 32.1. The van der Waals surface area contributed by atoms with Gasteiger partial charge in [0, 0.05) is 37.3 Å². The molecule has 0 aliphatic carbocycles. The summed E-state index contributed by atoms with van der Waals surface area (Å²) < 4.78 is 15.1. The van der Waals surface area contributed by atoms with Crippen molar-refractivity contribution >= 4 is 33.1 Å². The fourth-order valence-corrected chi connectivity index (χ4v) is 5.29. The molecule has 1 aliphatic rings. The average Bonchev–Trinajstić information content (AvgIpc) is 3.41. The van der Waals surface area contributed by atoms with E-state index < -0.39 is 0 Å². The van der Waals surface area contributed by atoms with Crippen LogP contribution in [0.5, 0.6) is 0 Å². The van der Waals surface area contributed by atoms with Crippen molar-refractivity contribution in [3.05, 3.63) is 82.1 Å². The van der Waals surface area contributed by atoms with Gasteiger partial charge in [-0.3, -0.25) is 9.48 Å². The summed E-state index contributed by atoms with van der Waals surface area (Å²) in [4.78, 5) is 19.0. The van der Waals surface area contributed by atoms with Crippen LogP contribution in [0, 0.1) is 24.1 Å². The van der Waals surface area contributed by atoms with E-state index in [0.29, 0.717) is 30.1 Å². The Morgan fingerprint density at radius 3 is 2.45 bits per heavy atom. The second-order valence-electron chi connectivity index (χ2n) is 8.14. The number of hydrogen-bond donors (Lipinski definition) is 0. The molecule has 8 heteroatoms. The molecule has 2 aromatic carbocycles. The van der Waals surface area contributed by atoms with Gasteiger partial charge in [-0.05, 0) is 55.0 Å². The van der Waals surface area contributed by atoms with Gasteiger partial charge in [0.05, 0.1) is 28.7 Å². The number of aromatic nitrogens is 2. The van der Waals surface area contributed by atoms with Crippen LogP contribution in [0.3, 0.4) is 0 Å². The molecule has 5 rings (SSSR count). The number of carbonyl (C=O) groups excluding carboxylic acids is 1. The quantitative estimate of drug-likeness (QED) is 0.453. The van der Waals surface area contributed by atoms with Crippen molar-refractivity contribution in [1.82, 2.24) is 14.7 Å². The number of benzene rings is 2. The van der Waals surface area contributed by atoms with E-state index >= 15 is 0 Å². The smallest absolute Gasteiger partial charge is 0.264 e. The largest absolute Gasteiger partial charge is 0.368 e. The van der Waals surface area contributed by atoms with Gasteiger partial charge in [0.15, 0.2) is 0 Å². The molecule has 1 amide bonds. The van der Waals surface area contributed by atoms with E-state index in [0.717, 1.165) is 40.3 Å². The van der Waals surface area contributed by atoms with Crippen LogP contribution >= 0.6 is 11.3 Å². The Hall–Kier alpha value is -3.70. The number of halogens is 1. The maximum atomic E-state index is 13.2. The molecule has 0 unspecified atom stereocenters. The summed E-state index contributed by atoms with van der Waals surface area (Å²) >= 11 is 1.46. The zero-order valence-corrected chi connectivity index (χ0v) is 19.0. The first-order valence-electron chi connectivity index (χ1n) is 10.8. The molecule has 33 heavy (non-hydrogen) atoms. The number of nitrogens with zero attached hydrogens (tertiary/aromatic N) is 5. The van der Waals surface area contributed by atoms with Crippen molar-refractivity contribution in [2.45, 2.75) is 13.5 Å². The van der Waals surface area contributed by atoms with Crippen LogP contribution < -0.4 is 4.90 Å². The van der Waals surface area contributed by atoms with Gasteiger partial charge in [-0.2, -0.15) is 10.4 Å². The summed E-state index contributed by atoms with van der Waals surface area (Å²) in [6.07, 6.45) is 0. The first kappa shape index (κ1) is 21.2. The maximum Gasteiger partial charge on any atom is 0.264 e. The molecule has 0 N–H and O–H groups in total. The fourth-order valence-electron chi connectivity index (χ4n) is 4.16. The highest BCUT2D eigenvalue weighted by Gasteiger charge is 2.25. The minimum absolute atomic E-state index is 0.0448. The zero-order valence-electron chi connectivity index (χ0n) is 18.2. The minimum atomic E-state index is -0.260. The molecular weight excluding hydrogens is 437 g/mol. The molecule has 3 heterocycles. The number of carbonyl (C=O) groups is 1. The van der Waals surface area contributed by atoms with Crippen molar-refractivity contribution in [3.63, 3.8) is 0 Å². The SMILES string of the molecule is Cc1nn(Cc2ccc(F)cc2)c2sc(C(=O)N3CCN(c4ccc(C#N)cc4)CC3)cc12. The van der Waals surface area contributed by atoms with Crippen molar-refractivity contribution in [3.8, 4) is 6.07 Å². The van der Waals surface area contributed by atoms with E-state index in [1.807, 2.05) is 46.8 Å². The number of fused-ring (bicyclic) bond motifs is 1. The van der Waals surface area contributed by atoms with E-state index in [-0.39, 0.29) is 11.7 Å². The third kappa shape index (κ3) is 4.20. The van der Waals surface area contributed by atoms with Gasteiger partial charge in [0.25, 0.3) is 5.91 Å². The Morgan fingerprint density at radius 1 is 1.09 bits per heavy atom. The molecule has 1 saturated heterocycles. The minimum Gasteiger partial charge on any atom is -0.368 e. The van der Waals surface area contributed by atoms with Crippen molar-refractivity contribution in [2.24, 2.45) is 0 Å². The molecule has 0 atom stereocenters. The first-order valence-corrected chi connectivity index (χ1v) is 11.6. The molecule has 4 aromatic rings. The van der Waals surface area contributed by atoms with Crippen molar-refractivity contribution < 1.29 is 9.18 Å². The van der Waals surface area contributed by atoms with Crippen LogP contribution in [0.25, 0.3) is 10.2 Å². The lowest BCUT2D eigenvalue weighted by Crippen LogP contribution is -2.48. The highest BCUT2D eigenvalue weighted by Crippen LogP contribution is 2.30. The predicted octanol–water partition coefficient (Wildman–Crippen LogP) is 4.43. The van der Waals surface area contributed by atoms with E-state index in [2.05, 4.69) is 16.1 Å². The maximum absolute atomic E-state index is 13.2. The number of anilines is 1. The molecule has 2 aromatic heterocycles. The topological polar surface area (TPSA) is 65.2 Å². The molecular formula is C25H22FN5OS. The summed E-state index contributed by atoms with van der Waals surface area (Å²) in [5.74, 6) is -0.216. The van der Waals surface area contributed by atoms with E-state index in [1.54, 1.807) is 12.1 Å². The lowest BCUT2D eigenvalue weighted by atomic mass is 10.2. The van der Waals surface area contributed by atoms with Crippen LogP contribution in [-0.4, -0.2) is 46.8 Å². The summed E-state index contributed by atoms with van der Waals surface area (Å²) in [6.45, 7) is 5.27. The van der Waals surface area contributed by atoms with Gasteiger partial charge in [-0.1, -0.05) is 12.1 Å². The van der Waals surface area contributed by atoms with Crippen LogP contribution in [0.2, 0.25) is 0 Å². The molecule has 6 nitrogen and oxygen atoms in total. The standard InChI is InChI=1S/C25H22FN5OS/c1-17-22-14-23(33-25(22)31(28-17)16-19-2-6-20(26)7-3-19)24(32)30-12-10-29(11-13-30)21-8-4-18(15-27)5-9-21/h2-9,14H,10-13,16H2,1H3. The number of aryl methyl sites for hydroxylation is 1. The molecule has 1 fully saturated rings. The zero-order chi connectivity index (χ0) is 22.9. The highest BCUT2D eigenvalue weighted by molar-refractivity contribution is 7.20.